The van der Waals surface area contributed by atoms with Crippen LogP contribution in [0.1, 0.15) is 36.0 Å². The van der Waals surface area contributed by atoms with Crippen LogP contribution < -0.4 is 0 Å². The minimum Gasteiger partial charge on any atom is -0.340 e. The fourth-order valence-electron chi connectivity index (χ4n) is 4.61. The molecule has 28 heavy (non-hydrogen) atoms. The molecule has 0 aromatic heterocycles. The maximum atomic E-state index is 13.0. The quantitative estimate of drug-likeness (QED) is 0.818. The van der Waals surface area contributed by atoms with Crippen LogP contribution in [-0.4, -0.2) is 40.7 Å². The zero-order chi connectivity index (χ0) is 19.5. The third-order valence-electron chi connectivity index (χ3n) is 6.24. The van der Waals surface area contributed by atoms with Crippen LogP contribution >= 0.6 is 0 Å². The lowest BCUT2D eigenvalue weighted by atomic mass is 9.98. The van der Waals surface area contributed by atoms with E-state index >= 15 is 0 Å². The van der Waals surface area contributed by atoms with E-state index in [1.54, 1.807) is 0 Å². The molecular weight excluding hydrogens is 348 g/mol. The smallest absolute Gasteiger partial charge is 0.227 e. The maximum absolute atomic E-state index is 13.0. The predicted molar refractivity (Wildman–Crippen MR) is 110 cm³/mol. The molecule has 2 amide bonds. The number of aryl methyl sites for hydroxylation is 1. The molecule has 0 saturated carbocycles. The Hall–Kier alpha value is -2.62. The van der Waals surface area contributed by atoms with Crippen LogP contribution in [-0.2, 0) is 22.6 Å². The molecule has 2 aromatic rings. The molecular formula is C24H28N2O2. The minimum absolute atomic E-state index is 0.135. The van der Waals surface area contributed by atoms with Crippen molar-refractivity contribution in [3.05, 3.63) is 71.3 Å². The lowest BCUT2D eigenvalue weighted by molar-refractivity contribution is -0.135. The van der Waals surface area contributed by atoms with Gasteiger partial charge in [0.05, 0.1) is 12.5 Å². The van der Waals surface area contributed by atoms with E-state index in [0.29, 0.717) is 31.8 Å². The Balaban J connectivity index is 1.49. The number of carbonyl (C=O) groups is 2. The van der Waals surface area contributed by atoms with E-state index in [9.17, 15) is 9.59 Å². The first kappa shape index (κ1) is 18.7. The van der Waals surface area contributed by atoms with Crippen LogP contribution in [0, 0.1) is 12.8 Å². The highest BCUT2D eigenvalue weighted by atomic mass is 16.2. The minimum atomic E-state index is 0.135. The molecule has 2 atom stereocenters. The molecule has 0 aliphatic carbocycles. The summed E-state index contributed by atoms with van der Waals surface area (Å²) in [6.07, 6.45) is 3.01. The van der Waals surface area contributed by atoms with Gasteiger partial charge in [0.1, 0.15) is 0 Å². The van der Waals surface area contributed by atoms with Gasteiger partial charge in [-0.15, -0.1) is 0 Å². The van der Waals surface area contributed by atoms with Gasteiger partial charge in [-0.2, -0.15) is 0 Å². The summed E-state index contributed by atoms with van der Waals surface area (Å²) >= 11 is 0. The zero-order valence-corrected chi connectivity index (χ0v) is 16.5. The monoisotopic (exact) mass is 376 g/mol. The number of hydrogen-bond acceptors (Lipinski definition) is 2. The number of amides is 2. The second-order valence-corrected chi connectivity index (χ2v) is 8.13. The van der Waals surface area contributed by atoms with Gasteiger partial charge in [-0.05, 0) is 42.4 Å². The van der Waals surface area contributed by atoms with Gasteiger partial charge in [-0.25, -0.2) is 0 Å². The highest BCUT2D eigenvalue weighted by Gasteiger charge is 2.41. The first-order chi connectivity index (χ1) is 13.6. The molecule has 2 saturated heterocycles. The molecule has 2 heterocycles. The van der Waals surface area contributed by atoms with Crippen molar-refractivity contribution in [2.45, 2.75) is 45.2 Å². The van der Waals surface area contributed by atoms with Crippen LogP contribution in [0.4, 0.5) is 0 Å². The molecule has 4 heteroatoms. The van der Waals surface area contributed by atoms with Gasteiger partial charge in [-0.1, -0.05) is 54.6 Å². The second kappa shape index (κ2) is 8.17. The average molecular weight is 377 g/mol. The van der Waals surface area contributed by atoms with Gasteiger partial charge in [0.25, 0.3) is 0 Å². The molecule has 0 bridgehead atoms. The number of carbonyl (C=O) groups excluding carboxylic acids is 2. The van der Waals surface area contributed by atoms with E-state index in [1.807, 2.05) is 46.2 Å². The molecule has 2 aromatic carbocycles. The fourth-order valence-corrected chi connectivity index (χ4v) is 4.61. The summed E-state index contributed by atoms with van der Waals surface area (Å²) in [5.41, 5.74) is 3.41. The van der Waals surface area contributed by atoms with E-state index < -0.39 is 0 Å². The van der Waals surface area contributed by atoms with Crippen molar-refractivity contribution < 1.29 is 9.59 Å². The van der Waals surface area contributed by atoms with Gasteiger partial charge in [0.2, 0.25) is 11.8 Å². The fraction of sp³-hybridized carbons (Fsp3) is 0.417. The number of fused-ring (bicyclic) bond motifs is 1. The van der Waals surface area contributed by atoms with Gasteiger partial charge in [-0.3, -0.25) is 9.59 Å². The summed E-state index contributed by atoms with van der Waals surface area (Å²) in [6.45, 7) is 4.12. The van der Waals surface area contributed by atoms with E-state index in [-0.39, 0.29) is 17.9 Å². The molecule has 4 rings (SSSR count). The lowest BCUT2D eigenvalue weighted by Gasteiger charge is -2.30. The molecule has 2 aliphatic rings. The van der Waals surface area contributed by atoms with Crippen molar-refractivity contribution in [2.75, 3.05) is 13.1 Å². The lowest BCUT2D eigenvalue weighted by Crippen LogP contribution is -2.43. The predicted octanol–water partition coefficient (Wildman–Crippen LogP) is 3.58. The Morgan fingerprint density at radius 2 is 1.79 bits per heavy atom. The third kappa shape index (κ3) is 3.96. The summed E-state index contributed by atoms with van der Waals surface area (Å²) in [6, 6.07) is 18.4. The van der Waals surface area contributed by atoms with Crippen LogP contribution in [0.3, 0.4) is 0 Å². The number of hydrogen-bond donors (Lipinski definition) is 0. The standard InChI is InChI=1S/C24H28N2O2/c1-18-8-5-6-11-20(18)14-24(28)25-16-21-12-7-13-23(27)26(22(21)17-25)15-19-9-3-2-4-10-19/h2-6,8-11,21-22H,7,12-17H2,1H3. The van der Waals surface area contributed by atoms with Crippen molar-refractivity contribution in [3.8, 4) is 0 Å². The zero-order valence-electron chi connectivity index (χ0n) is 16.5. The highest BCUT2D eigenvalue weighted by Crippen LogP contribution is 2.32. The molecule has 2 aliphatic heterocycles. The normalized spacial score (nSPS) is 22.1. The highest BCUT2D eigenvalue weighted by molar-refractivity contribution is 5.80. The van der Waals surface area contributed by atoms with Crippen molar-refractivity contribution in [3.63, 3.8) is 0 Å². The van der Waals surface area contributed by atoms with Crippen LogP contribution in [0.2, 0.25) is 0 Å². The van der Waals surface area contributed by atoms with E-state index in [4.69, 9.17) is 0 Å². The number of likely N-dealkylation sites (tertiary alicyclic amines) is 2. The molecule has 2 unspecified atom stereocenters. The summed E-state index contributed by atoms with van der Waals surface area (Å²) in [7, 11) is 0. The summed E-state index contributed by atoms with van der Waals surface area (Å²) in [5, 5.41) is 0. The Morgan fingerprint density at radius 3 is 2.57 bits per heavy atom. The molecule has 146 valence electrons. The Bertz CT molecular complexity index is 849. The van der Waals surface area contributed by atoms with E-state index in [1.165, 1.54) is 0 Å². The Kier molecular flexibility index (Phi) is 5.47. The van der Waals surface area contributed by atoms with Crippen LogP contribution in [0.25, 0.3) is 0 Å². The first-order valence-electron chi connectivity index (χ1n) is 10.3. The topological polar surface area (TPSA) is 40.6 Å². The Labute approximate surface area is 167 Å². The SMILES string of the molecule is Cc1ccccc1CC(=O)N1CC2CCCC(=O)N(Cc3ccccc3)C2C1. The molecule has 0 spiro atoms. The van der Waals surface area contributed by atoms with Gasteiger partial charge in [0, 0.05) is 26.1 Å². The second-order valence-electron chi connectivity index (χ2n) is 8.13. The van der Waals surface area contributed by atoms with Crippen molar-refractivity contribution in [1.82, 2.24) is 9.80 Å². The van der Waals surface area contributed by atoms with Crippen molar-refractivity contribution in [1.29, 1.82) is 0 Å². The maximum Gasteiger partial charge on any atom is 0.227 e. The molecule has 0 radical (unpaired) electrons. The Morgan fingerprint density at radius 1 is 1.04 bits per heavy atom. The van der Waals surface area contributed by atoms with Gasteiger partial charge in [0.15, 0.2) is 0 Å². The first-order valence-corrected chi connectivity index (χ1v) is 10.3. The number of nitrogens with zero attached hydrogens (tertiary/aromatic N) is 2. The van der Waals surface area contributed by atoms with Crippen LogP contribution in [0.15, 0.2) is 54.6 Å². The van der Waals surface area contributed by atoms with E-state index in [2.05, 4.69) is 25.1 Å². The van der Waals surface area contributed by atoms with Crippen molar-refractivity contribution in [2.24, 2.45) is 5.92 Å². The number of rotatable bonds is 4. The van der Waals surface area contributed by atoms with E-state index in [0.717, 1.165) is 36.1 Å². The van der Waals surface area contributed by atoms with Gasteiger partial charge >= 0.3 is 0 Å². The summed E-state index contributed by atoms with van der Waals surface area (Å²) < 4.78 is 0. The number of benzene rings is 2. The van der Waals surface area contributed by atoms with Gasteiger partial charge < -0.3 is 9.80 Å². The van der Waals surface area contributed by atoms with Crippen LogP contribution in [0.5, 0.6) is 0 Å². The molecule has 4 nitrogen and oxygen atoms in total. The van der Waals surface area contributed by atoms with Crippen molar-refractivity contribution >= 4 is 11.8 Å². The largest absolute Gasteiger partial charge is 0.340 e. The molecule has 0 N–H and O–H groups in total. The summed E-state index contributed by atoms with van der Waals surface area (Å²) in [4.78, 5) is 29.8. The molecule has 2 fully saturated rings. The average Bonchev–Trinajstić information content (AvgIpc) is 3.07. The third-order valence-corrected chi connectivity index (χ3v) is 6.24. The summed E-state index contributed by atoms with van der Waals surface area (Å²) in [5.74, 6) is 0.787.